The lowest BCUT2D eigenvalue weighted by Crippen LogP contribution is -2.21. The summed E-state index contributed by atoms with van der Waals surface area (Å²) in [5.41, 5.74) is 7.51. The van der Waals surface area contributed by atoms with E-state index in [4.69, 9.17) is 10.2 Å². The van der Waals surface area contributed by atoms with Gasteiger partial charge in [-0.1, -0.05) is 42.5 Å². The molecule has 0 spiro atoms. The zero-order valence-corrected chi connectivity index (χ0v) is 14.6. The first-order valence-electron chi connectivity index (χ1n) is 8.44. The molecule has 4 rings (SSSR count). The topological polar surface area (TPSA) is 85.7 Å². The number of amides is 1. The van der Waals surface area contributed by atoms with Crippen molar-refractivity contribution in [3.8, 4) is 0 Å². The fourth-order valence-corrected chi connectivity index (χ4v) is 3.05. The van der Waals surface area contributed by atoms with E-state index in [2.05, 4.69) is 4.99 Å². The van der Waals surface area contributed by atoms with Gasteiger partial charge >= 0.3 is 0 Å². The molecule has 4 aromatic rings. The van der Waals surface area contributed by atoms with E-state index in [1.807, 2.05) is 36.4 Å². The Labute approximate surface area is 154 Å². The molecule has 3 aromatic carbocycles. The van der Waals surface area contributed by atoms with Crippen molar-refractivity contribution >= 4 is 39.1 Å². The van der Waals surface area contributed by atoms with Gasteiger partial charge in [-0.15, -0.1) is 0 Å². The summed E-state index contributed by atoms with van der Waals surface area (Å²) in [6.07, 6.45) is 0. The number of hydrogen-bond donors (Lipinski definition) is 1. The van der Waals surface area contributed by atoms with Crippen LogP contribution in [-0.4, -0.2) is 11.7 Å². The summed E-state index contributed by atoms with van der Waals surface area (Å²) in [5, 5.41) is 2.79. The smallest absolute Gasteiger partial charge is 0.254 e. The highest BCUT2D eigenvalue weighted by Crippen LogP contribution is 2.25. The highest BCUT2D eigenvalue weighted by atomic mass is 16.3. The van der Waals surface area contributed by atoms with E-state index in [0.717, 1.165) is 16.2 Å². The monoisotopic (exact) mass is 356 g/mol. The molecular weight excluding hydrogens is 340 g/mol. The van der Waals surface area contributed by atoms with Crippen LogP contribution in [0.5, 0.6) is 0 Å². The predicted octanol–water partition coefficient (Wildman–Crippen LogP) is 4.12. The van der Waals surface area contributed by atoms with Gasteiger partial charge in [0.1, 0.15) is 11.1 Å². The maximum atomic E-state index is 12.0. The molecule has 0 saturated heterocycles. The lowest BCUT2D eigenvalue weighted by Gasteiger charge is -2.06. The summed E-state index contributed by atoms with van der Waals surface area (Å²) in [5.74, 6) is -0.695. The number of primary amides is 1. The highest BCUT2D eigenvalue weighted by molar-refractivity contribution is 6.07. The van der Waals surface area contributed by atoms with E-state index in [-0.39, 0.29) is 16.9 Å². The van der Waals surface area contributed by atoms with Crippen molar-refractivity contribution in [1.29, 1.82) is 0 Å². The molecule has 0 aliphatic heterocycles. The Balaban J connectivity index is 2.01. The van der Waals surface area contributed by atoms with Gasteiger partial charge in [0.25, 0.3) is 5.91 Å². The number of carbonyl (C=O) groups is 2. The summed E-state index contributed by atoms with van der Waals surface area (Å²) in [6, 6.07) is 20.1. The molecule has 5 heteroatoms. The van der Waals surface area contributed by atoms with Crippen LogP contribution in [0.1, 0.15) is 27.6 Å². The Morgan fingerprint density at radius 2 is 1.74 bits per heavy atom. The number of nitrogens with two attached hydrogens (primary N) is 1. The van der Waals surface area contributed by atoms with Crippen LogP contribution in [0.25, 0.3) is 21.7 Å². The number of hydrogen-bond acceptors (Lipinski definition) is 4. The first kappa shape index (κ1) is 16.7. The highest BCUT2D eigenvalue weighted by Gasteiger charge is 2.11. The second kappa shape index (κ2) is 6.53. The van der Waals surface area contributed by atoms with Crippen LogP contribution in [0, 0.1) is 0 Å². The zero-order valence-electron chi connectivity index (χ0n) is 14.6. The molecule has 0 radical (unpaired) electrons. The van der Waals surface area contributed by atoms with Crippen molar-refractivity contribution in [2.45, 2.75) is 6.92 Å². The fraction of sp³-hybridized carbons (Fsp3) is 0.0455. The SMILES string of the molecule is CC(=O)c1cccc(N=c2oc3ccc4ccccc4c3cc2C(N)=O)c1. The summed E-state index contributed by atoms with van der Waals surface area (Å²) < 4.78 is 5.91. The van der Waals surface area contributed by atoms with Gasteiger partial charge < -0.3 is 10.2 Å². The Morgan fingerprint density at radius 1 is 0.926 bits per heavy atom. The molecule has 27 heavy (non-hydrogen) atoms. The molecule has 0 unspecified atom stereocenters. The quantitative estimate of drug-likeness (QED) is 0.442. The summed E-state index contributed by atoms with van der Waals surface area (Å²) in [7, 11) is 0. The van der Waals surface area contributed by atoms with Crippen LogP contribution in [0.4, 0.5) is 5.69 Å². The molecule has 5 nitrogen and oxygen atoms in total. The minimum absolute atomic E-state index is 0.0657. The van der Waals surface area contributed by atoms with Crippen molar-refractivity contribution in [2.75, 3.05) is 0 Å². The van der Waals surface area contributed by atoms with Gasteiger partial charge in [-0.05, 0) is 42.0 Å². The number of benzene rings is 3. The Kier molecular flexibility index (Phi) is 4.05. The van der Waals surface area contributed by atoms with Crippen LogP contribution < -0.4 is 11.3 Å². The van der Waals surface area contributed by atoms with Crippen molar-refractivity contribution in [3.63, 3.8) is 0 Å². The van der Waals surface area contributed by atoms with Crippen LogP contribution in [0.2, 0.25) is 0 Å². The lowest BCUT2D eigenvalue weighted by atomic mass is 10.0. The molecule has 0 aliphatic carbocycles. The third-order valence-corrected chi connectivity index (χ3v) is 4.41. The number of Topliss-reactive ketones (excluding diaryl/α,β-unsaturated/α-hetero) is 1. The van der Waals surface area contributed by atoms with E-state index in [1.165, 1.54) is 6.92 Å². The minimum Gasteiger partial charge on any atom is -0.438 e. The van der Waals surface area contributed by atoms with E-state index >= 15 is 0 Å². The molecule has 2 N–H and O–H groups in total. The molecule has 0 fully saturated rings. The maximum absolute atomic E-state index is 12.0. The maximum Gasteiger partial charge on any atom is 0.254 e. The summed E-state index contributed by atoms with van der Waals surface area (Å²) in [6.45, 7) is 1.49. The zero-order chi connectivity index (χ0) is 19.0. The van der Waals surface area contributed by atoms with Crippen LogP contribution >= 0.6 is 0 Å². The largest absolute Gasteiger partial charge is 0.438 e. The Bertz CT molecular complexity index is 1290. The molecule has 0 bridgehead atoms. The molecule has 0 aliphatic rings. The average Bonchev–Trinajstić information content (AvgIpc) is 2.67. The molecular formula is C22H16N2O3. The van der Waals surface area contributed by atoms with Crippen molar-refractivity contribution in [3.05, 3.63) is 83.4 Å². The number of nitrogens with zero attached hydrogens (tertiary/aromatic N) is 1. The van der Waals surface area contributed by atoms with E-state index in [9.17, 15) is 9.59 Å². The second-order valence-electron chi connectivity index (χ2n) is 6.25. The van der Waals surface area contributed by atoms with E-state index in [1.54, 1.807) is 30.3 Å². The molecule has 1 amide bonds. The van der Waals surface area contributed by atoms with E-state index in [0.29, 0.717) is 16.8 Å². The second-order valence-corrected chi connectivity index (χ2v) is 6.25. The number of carbonyl (C=O) groups excluding carboxylic acids is 2. The average molecular weight is 356 g/mol. The fourth-order valence-electron chi connectivity index (χ4n) is 3.05. The first-order valence-corrected chi connectivity index (χ1v) is 8.44. The van der Waals surface area contributed by atoms with Gasteiger partial charge in [0.05, 0.1) is 5.69 Å². The minimum atomic E-state index is -0.630. The number of fused-ring (bicyclic) bond motifs is 3. The van der Waals surface area contributed by atoms with Crippen molar-refractivity contribution in [1.82, 2.24) is 0 Å². The Hall–Kier alpha value is -3.73. The molecule has 132 valence electrons. The lowest BCUT2D eigenvalue weighted by molar-refractivity contribution is 0.0992. The molecule has 0 saturated carbocycles. The number of rotatable bonds is 3. The number of ketones is 1. The summed E-state index contributed by atoms with van der Waals surface area (Å²) in [4.78, 5) is 28.0. The predicted molar refractivity (Wildman–Crippen MR) is 104 cm³/mol. The van der Waals surface area contributed by atoms with Gasteiger partial charge in [-0.3, -0.25) is 9.59 Å². The molecule has 0 atom stereocenters. The third kappa shape index (κ3) is 3.11. The van der Waals surface area contributed by atoms with Gasteiger partial charge in [0, 0.05) is 10.9 Å². The van der Waals surface area contributed by atoms with Gasteiger partial charge in [-0.25, -0.2) is 4.99 Å². The Morgan fingerprint density at radius 3 is 2.52 bits per heavy atom. The van der Waals surface area contributed by atoms with Gasteiger partial charge in [0.2, 0.25) is 5.55 Å². The van der Waals surface area contributed by atoms with Gasteiger partial charge in [0.15, 0.2) is 5.78 Å². The standard InChI is InChI=1S/C22H16N2O3/c1-13(25)15-6-4-7-16(11-15)24-22-19(21(23)26)12-18-17-8-3-2-5-14(17)9-10-20(18)27-22/h2-12H,1H3,(H2,23,26). The van der Waals surface area contributed by atoms with Crippen molar-refractivity contribution < 1.29 is 14.0 Å². The van der Waals surface area contributed by atoms with Gasteiger partial charge in [-0.2, -0.15) is 0 Å². The van der Waals surface area contributed by atoms with Crippen LogP contribution in [-0.2, 0) is 0 Å². The van der Waals surface area contributed by atoms with E-state index < -0.39 is 5.91 Å². The molecule has 1 heterocycles. The van der Waals surface area contributed by atoms with Crippen LogP contribution in [0.3, 0.4) is 0 Å². The normalized spacial score (nSPS) is 11.8. The summed E-state index contributed by atoms with van der Waals surface area (Å²) >= 11 is 0. The molecule has 1 aromatic heterocycles. The van der Waals surface area contributed by atoms with Crippen LogP contribution in [0.15, 0.2) is 76.1 Å². The first-order chi connectivity index (χ1) is 13.0. The van der Waals surface area contributed by atoms with Crippen molar-refractivity contribution in [2.24, 2.45) is 10.7 Å². The third-order valence-electron chi connectivity index (χ3n) is 4.41.